The molecule has 1 aromatic rings. The molecule has 0 saturated heterocycles. The van der Waals surface area contributed by atoms with Gasteiger partial charge in [-0.25, -0.2) is 4.90 Å². The summed E-state index contributed by atoms with van der Waals surface area (Å²) in [4.78, 5) is 40.8. The minimum atomic E-state index is -0.868. The van der Waals surface area contributed by atoms with E-state index in [1.165, 1.54) is 11.1 Å². The number of aromatic nitrogens is 1. The number of pyridine rings is 1. The molecule has 0 aromatic carbocycles. The highest BCUT2D eigenvalue weighted by Gasteiger charge is 2.55. The third kappa shape index (κ3) is 2.21. The van der Waals surface area contributed by atoms with Crippen molar-refractivity contribution in [2.45, 2.75) is 25.3 Å². The average molecular weight is 261 g/mol. The Balaban J connectivity index is 2.28. The summed E-state index contributed by atoms with van der Waals surface area (Å²) in [7, 11) is 1.55. The average Bonchev–Trinajstić information content (AvgIpc) is 3.22. The van der Waals surface area contributed by atoms with Crippen LogP contribution in [0.4, 0.5) is 5.69 Å². The monoisotopic (exact) mass is 261 g/mol. The van der Waals surface area contributed by atoms with Crippen molar-refractivity contribution in [1.29, 1.82) is 0 Å². The highest BCUT2D eigenvalue weighted by atomic mass is 16.2. The largest absolute Gasteiger partial charge is 0.334 e. The zero-order chi connectivity index (χ0) is 14.0. The summed E-state index contributed by atoms with van der Waals surface area (Å²) in [5.74, 6) is -0.386. The quantitative estimate of drug-likeness (QED) is 0.724. The molecule has 0 N–H and O–H groups in total. The second-order valence-electron chi connectivity index (χ2n) is 4.69. The number of aryl methyl sites for hydroxylation is 1. The van der Waals surface area contributed by atoms with E-state index in [9.17, 15) is 14.4 Å². The molecule has 0 bridgehead atoms. The standard InChI is InChI=1S/C13H15N3O3/c1-10-3-4-11(7-14-10)16(9-18)12(19)13(5-6-13)15(2)8-17/h3-4,7-9H,5-6H2,1-2H3. The summed E-state index contributed by atoms with van der Waals surface area (Å²) in [5.41, 5.74) is 0.345. The van der Waals surface area contributed by atoms with E-state index in [1.807, 2.05) is 6.92 Å². The number of amides is 3. The Hall–Kier alpha value is -2.24. The lowest BCUT2D eigenvalue weighted by molar-refractivity contribution is -0.133. The third-order valence-corrected chi connectivity index (χ3v) is 3.45. The van der Waals surface area contributed by atoms with Crippen molar-refractivity contribution in [1.82, 2.24) is 9.88 Å². The van der Waals surface area contributed by atoms with E-state index < -0.39 is 5.54 Å². The predicted molar refractivity (Wildman–Crippen MR) is 68.3 cm³/mol. The van der Waals surface area contributed by atoms with Crippen LogP contribution in [-0.2, 0) is 14.4 Å². The van der Waals surface area contributed by atoms with E-state index in [2.05, 4.69) is 4.98 Å². The lowest BCUT2D eigenvalue weighted by Crippen LogP contribution is -2.48. The predicted octanol–water partition coefficient (Wildman–Crippen LogP) is 0.500. The summed E-state index contributed by atoms with van der Waals surface area (Å²) in [5, 5.41) is 0. The Kier molecular flexibility index (Phi) is 3.33. The first-order valence-electron chi connectivity index (χ1n) is 5.95. The van der Waals surface area contributed by atoms with Gasteiger partial charge in [0.05, 0.1) is 11.9 Å². The number of hydrogen-bond donors (Lipinski definition) is 0. The molecule has 0 atom stereocenters. The molecule has 0 radical (unpaired) electrons. The van der Waals surface area contributed by atoms with Crippen molar-refractivity contribution < 1.29 is 14.4 Å². The topological polar surface area (TPSA) is 70.6 Å². The minimum Gasteiger partial charge on any atom is -0.334 e. The molecular weight excluding hydrogens is 246 g/mol. The first kappa shape index (κ1) is 13.2. The maximum Gasteiger partial charge on any atom is 0.259 e. The van der Waals surface area contributed by atoms with Crippen LogP contribution in [0.3, 0.4) is 0 Å². The van der Waals surface area contributed by atoms with E-state index in [0.717, 1.165) is 10.6 Å². The van der Waals surface area contributed by atoms with E-state index >= 15 is 0 Å². The van der Waals surface area contributed by atoms with Gasteiger partial charge in [0.25, 0.3) is 5.91 Å². The van der Waals surface area contributed by atoms with Crippen LogP contribution in [0, 0.1) is 6.92 Å². The fraction of sp³-hybridized carbons (Fsp3) is 0.385. The van der Waals surface area contributed by atoms with Gasteiger partial charge in [0.1, 0.15) is 5.54 Å². The van der Waals surface area contributed by atoms with Gasteiger partial charge < -0.3 is 4.90 Å². The van der Waals surface area contributed by atoms with Crippen LogP contribution in [0.15, 0.2) is 18.3 Å². The van der Waals surface area contributed by atoms with Gasteiger partial charge in [0.2, 0.25) is 12.8 Å². The van der Waals surface area contributed by atoms with E-state index in [0.29, 0.717) is 31.3 Å². The van der Waals surface area contributed by atoms with Gasteiger partial charge in [-0.15, -0.1) is 0 Å². The lowest BCUT2D eigenvalue weighted by Gasteiger charge is -2.27. The summed E-state index contributed by atoms with van der Waals surface area (Å²) in [6.45, 7) is 1.82. The van der Waals surface area contributed by atoms with Crippen LogP contribution in [0.25, 0.3) is 0 Å². The second kappa shape index (κ2) is 4.79. The molecule has 1 aliphatic rings. The smallest absolute Gasteiger partial charge is 0.259 e. The Labute approximate surface area is 111 Å². The summed E-state index contributed by atoms with van der Waals surface area (Å²) in [6, 6.07) is 3.38. The molecule has 0 unspecified atom stereocenters. The van der Waals surface area contributed by atoms with Gasteiger partial charge in [-0.05, 0) is 31.9 Å². The third-order valence-electron chi connectivity index (χ3n) is 3.45. The van der Waals surface area contributed by atoms with Crippen LogP contribution < -0.4 is 4.90 Å². The zero-order valence-electron chi connectivity index (χ0n) is 10.9. The van der Waals surface area contributed by atoms with Crippen molar-refractivity contribution in [3.05, 3.63) is 24.0 Å². The zero-order valence-corrected chi connectivity index (χ0v) is 10.9. The van der Waals surface area contributed by atoms with Crippen molar-refractivity contribution in [2.75, 3.05) is 11.9 Å². The molecule has 19 heavy (non-hydrogen) atoms. The first-order valence-corrected chi connectivity index (χ1v) is 5.95. The molecule has 2 rings (SSSR count). The second-order valence-corrected chi connectivity index (χ2v) is 4.69. The Bertz CT molecular complexity index is 508. The van der Waals surface area contributed by atoms with Gasteiger partial charge >= 0.3 is 0 Å². The molecule has 3 amide bonds. The normalized spacial score (nSPS) is 15.5. The van der Waals surface area contributed by atoms with Crippen LogP contribution >= 0.6 is 0 Å². The molecule has 0 spiro atoms. The van der Waals surface area contributed by atoms with Crippen molar-refractivity contribution >= 4 is 24.4 Å². The first-order chi connectivity index (χ1) is 9.05. The number of carbonyl (C=O) groups excluding carboxylic acids is 3. The highest BCUT2D eigenvalue weighted by Crippen LogP contribution is 2.42. The van der Waals surface area contributed by atoms with Crippen molar-refractivity contribution in [2.24, 2.45) is 0 Å². The van der Waals surface area contributed by atoms with Crippen molar-refractivity contribution in [3.63, 3.8) is 0 Å². The van der Waals surface area contributed by atoms with Gasteiger partial charge in [-0.2, -0.15) is 0 Å². The van der Waals surface area contributed by atoms with Gasteiger partial charge in [-0.1, -0.05) is 0 Å². The molecule has 1 heterocycles. The molecule has 0 aliphatic heterocycles. The number of carbonyl (C=O) groups is 3. The number of anilines is 1. The summed E-state index contributed by atoms with van der Waals surface area (Å²) < 4.78 is 0. The molecule has 1 aliphatic carbocycles. The van der Waals surface area contributed by atoms with E-state index in [-0.39, 0.29) is 5.91 Å². The molecule has 6 heteroatoms. The molecule has 1 aromatic heterocycles. The van der Waals surface area contributed by atoms with Crippen LogP contribution in [-0.4, -0.2) is 41.2 Å². The fourth-order valence-electron chi connectivity index (χ4n) is 1.99. The molecule has 6 nitrogen and oxygen atoms in total. The number of hydrogen-bond acceptors (Lipinski definition) is 4. The maximum atomic E-state index is 12.4. The number of likely N-dealkylation sites (N-methyl/N-ethyl adjacent to an activating group) is 1. The number of nitrogens with zero attached hydrogens (tertiary/aromatic N) is 3. The van der Waals surface area contributed by atoms with Gasteiger partial charge in [0.15, 0.2) is 0 Å². The molecular formula is C13H15N3O3. The maximum absolute atomic E-state index is 12.4. The Morgan fingerprint density at radius 3 is 2.42 bits per heavy atom. The summed E-state index contributed by atoms with van der Waals surface area (Å²) in [6.07, 6.45) is 3.70. The van der Waals surface area contributed by atoms with Gasteiger partial charge in [0, 0.05) is 12.7 Å². The van der Waals surface area contributed by atoms with E-state index in [4.69, 9.17) is 0 Å². The highest BCUT2D eigenvalue weighted by molar-refractivity contribution is 6.13. The SMILES string of the molecule is Cc1ccc(N(C=O)C(=O)C2(N(C)C=O)CC2)cn1. The van der Waals surface area contributed by atoms with Gasteiger partial charge in [-0.3, -0.25) is 19.4 Å². The lowest BCUT2D eigenvalue weighted by atomic mass is 10.2. The van der Waals surface area contributed by atoms with Crippen LogP contribution in [0.2, 0.25) is 0 Å². The molecule has 1 saturated carbocycles. The Morgan fingerprint density at radius 2 is 2.00 bits per heavy atom. The summed E-state index contributed by atoms with van der Waals surface area (Å²) >= 11 is 0. The number of imide groups is 1. The number of rotatable bonds is 5. The minimum absolute atomic E-state index is 0.386. The fourth-order valence-corrected chi connectivity index (χ4v) is 1.99. The van der Waals surface area contributed by atoms with E-state index in [1.54, 1.807) is 19.2 Å². The van der Waals surface area contributed by atoms with Crippen LogP contribution in [0.1, 0.15) is 18.5 Å². The molecule has 100 valence electrons. The molecule has 1 fully saturated rings. The van der Waals surface area contributed by atoms with Crippen LogP contribution in [0.5, 0.6) is 0 Å². The van der Waals surface area contributed by atoms with Crippen molar-refractivity contribution in [3.8, 4) is 0 Å². The Morgan fingerprint density at radius 1 is 1.32 bits per heavy atom.